The van der Waals surface area contributed by atoms with E-state index in [2.05, 4.69) is 66.2 Å². The molecule has 0 fully saturated rings. The first-order chi connectivity index (χ1) is 9.72. The second kappa shape index (κ2) is 5.29. The zero-order valence-corrected chi connectivity index (χ0v) is 12.5. The Labute approximate surface area is 124 Å². The number of amidine groups is 1. The number of rotatable bonds is 2. The molecular formula is C17H17ClN2. The monoisotopic (exact) mass is 284 g/mol. The zero-order valence-electron chi connectivity index (χ0n) is 11.7. The van der Waals surface area contributed by atoms with Crippen LogP contribution in [0.3, 0.4) is 0 Å². The Morgan fingerprint density at radius 2 is 1.75 bits per heavy atom. The van der Waals surface area contributed by atoms with Crippen LogP contribution in [0.1, 0.15) is 22.3 Å². The predicted octanol–water partition coefficient (Wildman–Crippen LogP) is 4.27. The minimum atomic E-state index is 0.283. The summed E-state index contributed by atoms with van der Waals surface area (Å²) in [7, 11) is 0. The molecule has 2 aromatic carbocycles. The summed E-state index contributed by atoms with van der Waals surface area (Å²) in [5.74, 6) is 0.980. The molecule has 1 aliphatic rings. The van der Waals surface area contributed by atoms with Crippen molar-refractivity contribution in [3.63, 3.8) is 0 Å². The topological polar surface area (TPSA) is 15.6 Å². The maximum atomic E-state index is 5.87. The summed E-state index contributed by atoms with van der Waals surface area (Å²) in [6.07, 6.45) is 0. The largest absolute Gasteiger partial charge is 0.321 e. The van der Waals surface area contributed by atoms with Crippen molar-refractivity contribution in [3.05, 3.63) is 64.7 Å². The van der Waals surface area contributed by atoms with E-state index in [-0.39, 0.29) is 6.00 Å². The van der Waals surface area contributed by atoms with Gasteiger partial charge in [-0.25, -0.2) is 0 Å². The molecule has 0 aromatic heterocycles. The highest BCUT2D eigenvalue weighted by molar-refractivity contribution is 6.20. The lowest BCUT2D eigenvalue weighted by atomic mass is 10.1. The first-order valence-corrected chi connectivity index (χ1v) is 7.28. The molecule has 102 valence electrons. The third-order valence-electron chi connectivity index (χ3n) is 3.76. The number of aliphatic imine (C=N–C) groups is 1. The van der Waals surface area contributed by atoms with Crippen LogP contribution >= 0.6 is 11.6 Å². The Morgan fingerprint density at radius 3 is 2.45 bits per heavy atom. The minimum Gasteiger partial charge on any atom is -0.321 e. The number of fused-ring (bicyclic) bond motifs is 1. The number of aryl methyl sites for hydroxylation is 2. The van der Waals surface area contributed by atoms with E-state index in [0.717, 1.165) is 12.4 Å². The van der Waals surface area contributed by atoms with E-state index in [9.17, 15) is 0 Å². The first kappa shape index (κ1) is 13.2. The van der Waals surface area contributed by atoms with Crippen LogP contribution in [0, 0.1) is 13.8 Å². The Balaban J connectivity index is 2.14. The molecule has 0 amide bonds. The van der Waals surface area contributed by atoms with Crippen molar-refractivity contribution in [2.45, 2.75) is 20.4 Å². The van der Waals surface area contributed by atoms with Crippen LogP contribution in [0.15, 0.2) is 47.5 Å². The number of anilines is 1. The molecule has 3 rings (SSSR count). The van der Waals surface area contributed by atoms with Crippen LogP contribution in [-0.4, -0.2) is 11.8 Å². The number of halogens is 1. The van der Waals surface area contributed by atoms with Crippen molar-refractivity contribution in [3.8, 4) is 0 Å². The lowest BCUT2D eigenvalue weighted by Crippen LogP contribution is -2.26. The number of nitrogens with zero attached hydrogens (tertiary/aromatic N) is 2. The van der Waals surface area contributed by atoms with Crippen LogP contribution < -0.4 is 4.90 Å². The second-order valence-corrected chi connectivity index (χ2v) is 5.32. The SMILES string of the molecule is Cc1cccc(C)c1N1Cc2ccccc2C1=NCCl. The fraction of sp³-hybridized carbons (Fsp3) is 0.235. The van der Waals surface area contributed by atoms with Gasteiger partial charge in [-0.05, 0) is 30.5 Å². The summed E-state index contributed by atoms with van der Waals surface area (Å²) >= 11 is 5.87. The molecule has 0 N–H and O–H groups in total. The molecule has 1 heterocycles. The summed E-state index contributed by atoms with van der Waals surface area (Å²) in [4.78, 5) is 6.79. The lowest BCUT2D eigenvalue weighted by molar-refractivity contribution is 1.03. The Hall–Kier alpha value is -1.80. The maximum absolute atomic E-state index is 5.87. The van der Waals surface area contributed by atoms with E-state index in [1.807, 2.05) is 0 Å². The third kappa shape index (κ3) is 2.10. The van der Waals surface area contributed by atoms with Gasteiger partial charge in [0.15, 0.2) is 0 Å². The molecule has 0 spiro atoms. The standard InChI is InChI=1S/C17H17ClN2/c1-12-6-5-7-13(2)16(12)20-10-14-8-3-4-9-15(14)17(20)19-11-18/h3-9H,10-11H2,1-2H3. The Bertz CT molecular complexity index is 656. The van der Waals surface area contributed by atoms with Crippen molar-refractivity contribution < 1.29 is 0 Å². The van der Waals surface area contributed by atoms with Crippen molar-refractivity contribution in [1.29, 1.82) is 0 Å². The maximum Gasteiger partial charge on any atom is 0.137 e. The molecule has 0 radical (unpaired) electrons. The molecule has 0 aliphatic carbocycles. The molecule has 2 nitrogen and oxygen atoms in total. The van der Waals surface area contributed by atoms with Gasteiger partial charge in [-0.1, -0.05) is 42.5 Å². The number of para-hydroxylation sites is 1. The smallest absolute Gasteiger partial charge is 0.137 e. The van der Waals surface area contributed by atoms with Crippen molar-refractivity contribution in [2.24, 2.45) is 4.99 Å². The van der Waals surface area contributed by atoms with Gasteiger partial charge in [-0.3, -0.25) is 4.99 Å². The van der Waals surface area contributed by atoms with E-state index in [1.54, 1.807) is 0 Å². The van der Waals surface area contributed by atoms with Gasteiger partial charge in [-0.2, -0.15) is 0 Å². The summed E-state index contributed by atoms with van der Waals surface area (Å²) in [5, 5.41) is 0. The molecule has 2 aromatic rings. The van der Waals surface area contributed by atoms with Crippen molar-refractivity contribution in [1.82, 2.24) is 0 Å². The Morgan fingerprint density at radius 1 is 1.05 bits per heavy atom. The molecule has 0 bridgehead atoms. The normalized spacial score (nSPS) is 15.8. The van der Waals surface area contributed by atoms with E-state index >= 15 is 0 Å². The predicted molar refractivity (Wildman–Crippen MR) is 85.8 cm³/mol. The van der Waals surface area contributed by atoms with E-state index in [4.69, 9.17) is 11.6 Å². The number of alkyl halides is 1. The van der Waals surface area contributed by atoms with Crippen LogP contribution in [0.5, 0.6) is 0 Å². The molecule has 1 aliphatic heterocycles. The molecule has 0 atom stereocenters. The third-order valence-corrected chi connectivity index (χ3v) is 3.88. The van der Waals surface area contributed by atoms with Crippen molar-refractivity contribution in [2.75, 3.05) is 10.9 Å². The van der Waals surface area contributed by atoms with Gasteiger partial charge in [0.2, 0.25) is 0 Å². The van der Waals surface area contributed by atoms with Gasteiger partial charge in [0.1, 0.15) is 11.8 Å². The van der Waals surface area contributed by atoms with Gasteiger partial charge < -0.3 is 4.90 Å². The van der Waals surface area contributed by atoms with E-state index in [1.165, 1.54) is 27.9 Å². The highest BCUT2D eigenvalue weighted by atomic mass is 35.5. The van der Waals surface area contributed by atoms with Crippen LogP contribution in [0.25, 0.3) is 0 Å². The van der Waals surface area contributed by atoms with Crippen LogP contribution in [0.4, 0.5) is 5.69 Å². The highest BCUT2D eigenvalue weighted by Crippen LogP contribution is 2.33. The van der Waals surface area contributed by atoms with E-state index in [0.29, 0.717) is 0 Å². The Kier molecular flexibility index (Phi) is 3.49. The molecule has 0 unspecified atom stereocenters. The molecule has 20 heavy (non-hydrogen) atoms. The molecular weight excluding hydrogens is 268 g/mol. The fourth-order valence-corrected chi connectivity index (χ4v) is 3.02. The number of hydrogen-bond donors (Lipinski definition) is 0. The number of benzene rings is 2. The summed E-state index contributed by atoms with van der Waals surface area (Å²) in [5.41, 5.74) is 6.27. The summed E-state index contributed by atoms with van der Waals surface area (Å²) < 4.78 is 0. The van der Waals surface area contributed by atoms with Crippen LogP contribution in [0.2, 0.25) is 0 Å². The lowest BCUT2D eigenvalue weighted by Gasteiger charge is -2.23. The highest BCUT2D eigenvalue weighted by Gasteiger charge is 2.27. The molecule has 0 saturated heterocycles. The van der Waals surface area contributed by atoms with Gasteiger partial charge >= 0.3 is 0 Å². The summed E-state index contributed by atoms with van der Waals surface area (Å²) in [6.45, 7) is 5.14. The number of hydrogen-bond acceptors (Lipinski definition) is 1. The quantitative estimate of drug-likeness (QED) is 0.594. The van der Waals surface area contributed by atoms with Gasteiger partial charge in [-0.15, -0.1) is 11.6 Å². The van der Waals surface area contributed by atoms with E-state index < -0.39 is 0 Å². The molecule has 3 heteroatoms. The van der Waals surface area contributed by atoms with Crippen molar-refractivity contribution >= 4 is 23.1 Å². The minimum absolute atomic E-state index is 0.283. The average molecular weight is 285 g/mol. The van der Waals surface area contributed by atoms with Crippen LogP contribution in [-0.2, 0) is 6.54 Å². The fourth-order valence-electron chi connectivity index (χ4n) is 2.91. The van der Waals surface area contributed by atoms with Gasteiger partial charge in [0.25, 0.3) is 0 Å². The van der Waals surface area contributed by atoms with Gasteiger partial charge in [0, 0.05) is 11.3 Å². The van der Waals surface area contributed by atoms with Gasteiger partial charge in [0.05, 0.1) is 6.54 Å². The zero-order chi connectivity index (χ0) is 14.1. The first-order valence-electron chi connectivity index (χ1n) is 6.75. The molecule has 0 saturated carbocycles. The average Bonchev–Trinajstić information content (AvgIpc) is 2.78. The summed E-state index contributed by atoms with van der Waals surface area (Å²) in [6, 6.07) is 15.1. The second-order valence-electron chi connectivity index (χ2n) is 5.08.